The molecule has 0 saturated heterocycles. The van der Waals surface area contributed by atoms with Gasteiger partial charge in [0.25, 0.3) is 0 Å². The lowest BCUT2D eigenvalue weighted by atomic mass is 9.68. The molecule has 1 N–H and O–H groups in total. The molecule has 0 radical (unpaired) electrons. The minimum absolute atomic E-state index is 0.00886. The number of methoxy groups -OCH3 is 1. The van der Waals surface area contributed by atoms with Crippen LogP contribution in [0.2, 0.25) is 0 Å². The van der Waals surface area contributed by atoms with Crippen molar-refractivity contribution in [3.05, 3.63) is 53.1 Å². The fraction of sp³-hybridized carbons (Fsp3) is 0.476. The Hall–Kier alpha value is -1.87. The first-order chi connectivity index (χ1) is 10.9. The summed E-state index contributed by atoms with van der Waals surface area (Å²) >= 11 is 0. The number of hydrogen-bond donors (Lipinski definition) is 1. The Morgan fingerprint density at radius 1 is 0.917 bits per heavy atom. The largest absolute Gasteiger partial charge is 0.496 e. The molecule has 0 aromatic heterocycles. The van der Waals surface area contributed by atoms with E-state index in [1.165, 1.54) is 0 Å². The summed E-state index contributed by atoms with van der Waals surface area (Å²) in [5.74, 6) is 0.609. The highest BCUT2D eigenvalue weighted by Gasteiger charge is 2.41. The number of rotatable bonds is 2. The zero-order chi connectivity index (χ0) is 18.3. The number of hydrogen-bond acceptors (Lipinski definition) is 3. The van der Waals surface area contributed by atoms with Crippen LogP contribution in [0, 0.1) is 10.8 Å². The van der Waals surface area contributed by atoms with Crippen molar-refractivity contribution in [1.82, 2.24) is 0 Å². The van der Waals surface area contributed by atoms with Gasteiger partial charge in [0.05, 0.1) is 7.11 Å². The van der Waals surface area contributed by atoms with E-state index in [4.69, 9.17) is 4.74 Å². The lowest BCUT2D eigenvalue weighted by Gasteiger charge is -2.37. The van der Waals surface area contributed by atoms with Crippen LogP contribution in [0.5, 0.6) is 5.75 Å². The van der Waals surface area contributed by atoms with Gasteiger partial charge < -0.3 is 9.84 Å². The van der Waals surface area contributed by atoms with E-state index in [1.807, 2.05) is 65.8 Å². The van der Waals surface area contributed by atoms with Crippen LogP contribution in [0.1, 0.15) is 47.1 Å². The van der Waals surface area contributed by atoms with E-state index >= 15 is 0 Å². The third-order valence-corrected chi connectivity index (χ3v) is 4.37. The average Bonchev–Trinajstić information content (AvgIpc) is 2.47. The Bertz CT molecular complexity index is 675. The average molecular weight is 328 g/mol. The predicted octanol–water partition coefficient (Wildman–Crippen LogP) is 4.41. The van der Waals surface area contributed by atoms with Gasteiger partial charge in [-0.3, -0.25) is 4.79 Å². The van der Waals surface area contributed by atoms with Gasteiger partial charge in [0.1, 0.15) is 11.4 Å². The number of aliphatic hydroxyl groups is 1. The van der Waals surface area contributed by atoms with Crippen LogP contribution in [-0.2, 0) is 10.4 Å². The van der Waals surface area contributed by atoms with Gasteiger partial charge >= 0.3 is 0 Å². The number of ether oxygens (including phenoxy) is 1. The van der Waals surface area contributed by atoms with E-state index in [9.17, 15) is 9.90 Å². The van der Waals surface area contributed by atoms with Gasteiger partial charge in [-0.05, 0) is 29.0 Å². The molecule has 3 heteroatoms. The molecule has 0 fully saturated rings. The van der Waals surface area contributed by atoms with Crippen LogP contribution in [0.25, 0.3) is 0 Å². The van der Waals surface area contributed by atoms with E-state index < -0.39 is 5.60 Å². The second kappa shape index (κ2) is 5.89. The first-order valence-electron chi connectivity index (χ1n) is 8.27. The highest BCUT2D eigenvalue weighted by molar-refractivity contribution is 6.11. The number of carbonyl (C=O) groups is 1. The maximum atomic E-state index is 13.0. The Morgan fingerprint density at radius 3 is 1.79 bits per heavy atom. The molecule has 0 saturated carbocycles. The summed E-state index contributed by atoms with van der Waals surface area (Å²) in [4.78, 5) is 13.0. The first kappa shape index (κ1) is 18.5. The highest BCUT2D eigenvalue weighted by Crippen LogP contribution is 2.45. The molecule has 1 aromatic carbocycles. The summed E-state index contributed by atoms with van der Waals surface area (Å²) in [5, 5.41) is 11.5. The van der Waals surface area contributed by atoms with E-state index in [1.54, 1.807) is 19.3 Å². The molecule has 24 heavy (non-hydrogen) atoms. The second-order valence-electron chi connectivity index (χ2n) is 8.47. The normalized spacial score (nSPS) is 18.1. The smallest absolute Gasteiger partial charge is 0.185 e. The summed E-state index contributed by atoms with van der Waals surface area (Å²) in [6.45, 7) is 11.9. The maximum absolute atomic E-state index is 13.0. The number of carbonyl (C=O) groups excluding carboxylic acids is 1. The van der Waals surface area contributed by atoms with Crippen LogP contribution in [0.4, 0.5) is 0 Å². The maximum Gasteiger partial charge on any atom is 0.185 e. The van der Waals surface area contributed by atoms with Gasteiger partial charge in [0, 0.05) is 16.7 Å². The van der Waals surface area contributed by atoms with E-state index in [2.05, 4.69) is 0 Å². The Balaban J connectivity index is 2.76. The van der Waals surface area contributed by atoms with Gasteiger partial charge in [0.15, 0.2) is 5.78 Å². The van der Waals surface area contributed by atoms with Crippen molar-refractivity contribution < 1.29 is 14.6 Å². The number of ketones is 1. The van der Waals surface area contributed by atoms with Gasteiger partial charge in [0.2, 0.25) is 0 Å². The number of para-hydroxylation sites is 1. The zero-order valence-electron chi connectivity index (χ0n) is 15.7. The Labute approximate surface area is 145 Å². The second-order valence-corrected chi connectivity index (χ2v) is 8.47. The minimum atomic E-state index is -1.37. The predicted molar refractivity (Wildman–Crippen MR) is 97.0 cm³/mol. The van der Waals surface area contributed by atoms with Crippen molar-refractivity contribution in [3.63, 3.8) is 0 Å². The summed E-state index contributed by atoms with van der Waals surface area (Å²) in [6, 6.07) is 7.38. The SMILES string of the molecule is COc1ccccc1C1(O)C=C(C(C)(C)C)C(=O)C(C(C)(C)C)=C1. The number of allylic oxidation sites excluding steroid dienone is 2. The molecule has 2 rings (SSSR count). The number of benzene rings is 1. The monoisotopic (exact) mass is 328 g/mol. The molecule has 1 aromatic rings. The molecule has 0 unspecified atom stereocenters. The van der Waals surface area contributed by atoms with E-state index in [-0.39, 0.29) is 16.6 Å². The molecule has 0 amide bonds. The lowest BCUT2D eigenvalue weighted by molar-refractivity contribution is -0.114. The van der Waals surface area contributed by atoms with Gasteiger partial charge in [-0.2, -0.15) is 0 Å². The van der Waals surface area contributed by atoms with Gasteiger partial charge in [-0.1, -0.05) is 59.7 Å². The van der Waals surface area contributed by atoms with E-state index in [0.29, 0.717) is 22.5 Å². The summed E-state index contributed by atoms with van der Waals surface area (Å²) in [7, 11) is 1.58. The number of Topliss-reactive ketones (excluding diaryl/α,β-unsaturated/α-hetero) is 1. The summed E-state index contributed by atoms with van der Waals surface area (Å²) < 4.78 is 5.43. The zero-order valence-corrected chi connectivity index (χ0v) is 15.7. The molecular weight excluding hydrogens is 300 g/mol. The van der Waals surface area contributed by atoms with Gasteiger partial charge in [-0.25, -0.2) is 0 Å². The van der Waals surface area contributed by atoms with Crippen molar-refractivity contribution in [2.75, 3.05) is 7.11 Å². The molecule has 3 nitrogen and oxygen atoms in total. The standard InChI is InChI=1S/C21H28O3/c1-19(2,3)15-12-21(23,13-16(18(15)22)20(4,5)6)14-10-8-9-11-17(14)24-7/h8-13,23H,1-7H3. The summed E-state index contributed by atoms with van der Waals surface area (Å²) in [6.07, 6.45) is 3.37. The van der Waals surface area contributed by atoms with Crippen LogP contribution >= 0.6 is 0 Å². The fourth-order valence-electron chi connectivity index (χ4n) is 3.00. The van der Waals surface area contributed by atoms with E-state index in [0.717, 1.165) is 0 Å². The molecule has 0 spiro atoms. The molecule has 130 valence electrons. The Kier molecular flexibility index (Phi) is 4.53. The quantitative estimate of drug-likeness (QED) is 0.874. The van der Waals surface area contributed by atoms with Crippen molar-refractivity contribution in [3.8, 4) is 5.75 Å². The summed E-state index contributed by atoms with van der Waals surface area (Å²) in [5.41, 5.74) is -0.198. The van der Waals surface area contributed by atoms with Crippen LogP contribution in [0.3, 0.4) is 0 Å². The van der Waals surface area contributed by atoms with Crippen LogP contribution in [0.15, 0.2) is 47.6 Å². The first-order valence-corrected chi connectivity index (χ1v) is 8.27. The molecule has 1 aliphatic rings. The third-order valence-electron chi connectivity index (χ3n) is 4.37. The lowest BCUT2D eigenvalue weighted by Crippen LogP contribution is -2.35. The minimum Gasteiger partial charge on any atom is -0.496 e. The topological polar surface area (TPSA) is 46.5 Å². The molecule has 0 atom stereocenters. The van der Waals surface area contributed by atoms with Crippen molar-refractivity contribution in [1.29, 1.82) is 0 Å². The third kappa shape index (κ3) is 3.32. The highest BCUT2D eigenvalue weighted by atomic mass is 16.5. The van der Waals surface area contributed by atoms with Crippen molar-refractivity contribution in [2.24, 2.45) is 10.8 Å². The van der Waals surface area contributed by atoms with Crippen LogP contribution < -0.4 is 4.74 Å². The molecule has 0 heterocycles. The Morgan fingerprint density at radius 2 is 1.38 bits per heavy atom. The molecule has 0 bridgehead atoms. The van der Waals surface area contributed by atoms with Crippen LogP contribution in [-0.4, -0.2) is 18.0 Å². The fourth-order valence-corrected chi connectivity index (χ4v) is 3.00. The molecule has 0 aliphatic heterocycles. The van der Waals surface area contributed by atoms with Crippen molar-refractivity contribution in [2.45, 2.75) is 47.1 Å². The van der Waals surface area contributed by atoms with Crippen molar-refractivity contribution >= 4 is 5.78 Å². The molecular formula is C21H28O3. The molecule has 1 aliphatic carbocycles. The van der Waals surface area contributed by atoms with Gasteiger partial charge in [-0.15, -0.1) is 0 Å².